The molecular formula is C13H14ClN3O3. The van der Waals surface area contributed by atoms with Crippen LogP contribution in [-0.4, -0.2) is 38.4 Å². The molecule has 3 heterocycles. The minimum absolute atomic E-state index is 0.114. The molecule has 0 aromatic carbocycles. The van der Waals surface area contributed by atoms with Gasteiger partial charge in [-0.15, -0.1) is 10.2 Å². The molecule has 2 aromatic heterocycles. The summed E-state index contributed by atoms with van der Waals surface area (Å²) in [5, 5.41) is 17.5. The summed E-state index contributed by atoms with van der Waals surface area (Å²) in [5.74, 6) is -0.348. The highest BCUT2D eigenvalue weighted by molar-refractivity contribution is 6.33. The van der Waals surface area contributed by atoms with Gasteiger partial charge in [0.25, 0.3) is 0 Å². The van der Waals surface area contributed by atoms with Crippen molar-refractivity contribution in [3.05, 3.63) is 28.7 Å². The quantitative estimate of drug-likeness (QED) is 0.939. The van der Waals surface area contributed by atoms with Crippen LogP contribution in [0.4, 0.5) is 0 Å². The van der Waals surface area contributed by atoms with Gasteiger partial charge < -0.3 is 9.84 Å². The first-order valence-electron chi connectivity index (χ1n) is 6.53. The number of carboxylic acids is 1. The number of aromatic carboxylic acids is 1. The van der Waals surface area contributed by atoms with E-state index in [2.05, 4.69) is 10.2 Å². The molecule has 1 atom stereocenters. The first kappa shape index (κ1) is 13.3. The molecule has 1 aliphatic rings. The molecule has 0 spiro atoms. The first-order valence-corrected chi connectivity index (χ1v) is 6.91. The Labute approximate surface area is 120 Å². The third-order valence-corrected chi connectivity index (χ3v) is 3.74. The smallest absolute Gasteiger partial charge is 0.337 e. The Morgan fingerprint density at radius 3 is 3.05 bits per heavy atom. The third-order valence-electron chi connectivity index (χ3n) is 3.46. The predicted octanol–water partition coefficient (Wildman–Crippen LogP) is 2.19. The van der Waals surface area contributed by atoms with Crippen LogP contribution >= 0.6 is 11.6 Å². The standard InChI is InChI=1S/C13H14ClN3O3/c14-10-5-8(13(18)19)7-17-11(15-16-12(10)17)6-9-3-1-2-4-20-9/h5,7,9H,1-4,6H2,(H,18,19). The van der Waals surface area contributed by atoms with Crippen LogP contribution in [0.5, 0.6) is 0 Å². The van der Waals surface area contributed by atoms with Gasteiger partial charge in [-0.05, 0) is 25.3 Å². The number of pyridine rings is 1. The van der Waals surface area contributed by atoms with Gasteiger partial charge in [0.2, 0.25) is 0 Å². The molecule has 0 aliphatic carbocycles. The normalized spacial score (nSPS) is 19.4. The molecule has 1 saturated heterocycles. The first-order chi connectivity index (χ1) is 9.65. The van der Waals surface area contributed by atoms with Crippen molar-refractivity contribution >= 4 is 23.2 Å². The van der Waals surface area contributed by atoms with Crippen LogP contribution in [0.25, 0.3) is 5.65 Å². The lowest BCUT2D eigenvalue weighted by atomic mass is 10.1. The Bertz CT molecular complexity index is 650. The van der Waals surface area contributed by atoms with Crippen molar-refractivity contribution in [3.63, 3.8) is 0 Å². The summed E-state index contributed by atoms with van der Waals surface area (Å²) in [6, 6.07) is 1.38. The molecule has 20 heavy (non-hydrogen) atoms. The second kappa shape index (κ2) is 5.38. The number of hydrogen-bond acceptors (Lipinski definition) is 4. The summed E-state index contributed by atoms with van der Waals surface area (Å²) in [5.41, 5.74) is 0.593. The van der Waals surface area contributed by atoms with E-state index in [1.54, 1.807) is 4.40 Å². The van der Waals surface area contributed by atoms with Crippen molar-refractivity contribution in [1.29, 1.82) is 0 Å². The molecule has 1 fully saturated rings. The summed E-state index contributed by atoms with van der Waals surface area (Å²) in [6.45, 7) is 0.766. The number of nitrogens with zero attached hydrogens (tertiary/aromatic N) is 3. The van der Waals surface area contributed by atoms with E-state index in [-0.39, 0.29) is 16.7 Å². The zero-order chi connectivity index (χ0) is 14.1. The topological polar surface area (TPSA) is 76.7 Å². The van der Waals surface area contributed by atoms with Gasteiger partial charge in [-0.1, -0.05) is 11.6 Å². The van der Waals surface area contributed by atoms with Crippen molar-refractivity contribution in [3.8, 4) is 0 Å². The average molecular weight is 296 g/mol. The Balaban J connectivity index is 1.96. The fourth-order valence-corrected chi connectivity index (χ4v) is 2.67. The second-order valence-corrected chi connectivity index (χ2v) is 5.29. The van der Waals surface area contributed by atoms with Gasteiger partial charge in [-0.3, -0.25) is 4.40 Å². The van der Waals surface area contributed by atoms with E-state index in [1.165, 1.54) is 12.3 Å². The number of ether oxygens (including phenoxy) is 1. The van der Waals surface area contributed by atoms with E-state index < -0.39 is 5.97 Å². The molecule has 0 amide bonds. The Morgan fingerprint density at radius 1 is 1.50 bits per heavy atom. The van der Waals surface area contributed by atoms with E-state index >= 15 is 0 Å². The van der Waals surface area contributed by atoms with Crippen LogP contribution < -0.4 is 0 Å². The van der Waals surface area contributed by atoms with Gasteiger partial charge in [0.05, 0.1) is 16.7 Å². The van der Waals surface area contributed by atoms with Crippen LogP contribution in [-0.2, 0) is 11.2 Å². The molecule has 7 heteroatoms. The fourth-order valence-electron chi connectivity index (χ4n) is 2.43. The third kappa shape index (κ3) is 2.48. The number of halogens is 1. The van der Waals surface area contributed by atoms with Gasteiger partial charge in [-0.25, -0.2) is 4.79 Å². The maximum Gasteiger partial charge on any atom is 0.337 e. The monoisotopic (exact) mass is 295 g/mol. The predicted molar refractivity (Wildman–Crippen MR) is 72.3 cm³/mol. The average Bonchev–Trinajstić information content (AvgIpc) is 2.84. The van der Waals surface area contributed by atoms with Gasteiger partial charge >= 0.3 is 5.97 Å². The SMILES string of the molecule is O=C(O)c1cc(Cl)c2nnc(CC3CCCCO3)n2c1. The Morgan fingerprint density at radius 2 is 2.35 bits per heavy atom. The number of fused-ring (bicyclic) bond motifs is 1. The van der Waals surface area contributed by atoms with Crippen molar-refractivity contribution in [1.82, 2.24) is 14.6 Å². The molecule has 1 unspecified atom stereocenters. The van der Waals surface area contributed by atoms with Crippen molar-refractivity contribution < 1.29 is 14.6 Å². The highest BCUT2D eigenvalue weighted by Crippen LogP contribution is 2.21. The van der Waals surface area contributed by atoms with Crippen LogP contribution in [0.1, 0.15) is 35.4 Å². The summed E-state index contributed by atoms with van der Waals surface area (Å²) < 4.78 is 7.32. The molecule has 2 aromatic rings. The number of aromatic nitrogens is 3. The Kier molecular flexibility index (Phi) is 3.58. The lowest BCUT2D eigenvalue weighted by Gasteiger charge is -2.21. The minimum Gasteiger partial charge on any atom is -0.478 e. The lowest BCUT2D eigenvalue weighted by Crippen LogP contribution is -2.22. The summed E-state index contributed by atoms with van der Waals surface area (Å²) >= 11 is 6.04. The number of carboxylic acid groups (broad SMARTS) is 1. The molecule has 1 N–H and O–H groups in total. The maximum absolute atomic E-state index is 11.1. The van der Waals surface area contributed by atoms with Crippen molar-refractivity contribution in [2.75, 3.05) is 6.61 Å². The molecule has 3 rings (SSSR count). The van der Waals surface area contributed by atoms with E-state index in [9.17, 15) is 4.79 Å². The second-order valence-electron chi connectivity index (χ2n) is 4.88. The zero-order valence-electron chi connectivity index (χ0n) is 10.8. The molecule has 0 saturated carbocycles. The van der Waals surface area contributed by atoms with E-state index in [0.717, 1.165) is 25.9 Å². The van der Waals surface area contributed by atoms with Crippen LogP contribution in [0.2, 0.25) is 5.02 Å². The molecule has 0 radical (unpaired) electrons. The minimum atomic E-state index is -1.03. The number of carbonyl (C=O) groups is 1. The number of hydrogen-bond donors (Lipinski definition) is 1. The molecule has 106 valence electrons. The lowest BCUT2D eigenvalue weighted by molar-refractivity contribution is 0.0155. The maximum atomic E-state index is 11.1. The van der Waals surface area contributed by atoms with Gasteiger partial charge in [0.15, 0.2) is 5.65 Å². The fraction of sp³-hybridized carbons (Fsp3) is 0.462. The highest BCUT2D eigenvalue weighted by atomic mass is 35.5. The van der Waals surface area contributed by atoms with Crippen molar-refractivity contribution in [2.24, 2.45) is 0 Å². The summed E-state index contributed by atoms with van der Waals surface area (Å²) in [7, 11) is 0. The van der Waals surface area contributed by atoms with E-state index in [0.29, 0.717) is 17.9 Å². The van der Waals surface area contributed by atoms with Gasteiger partial charge in [-0.2, -0.15) is 0 Å². The molecular weight excluding hydrogens is 282 g/mol. The summed E-state index contributed by atoms with van der Waals surface area (Å²) in [6.07, 6.45) is 5.45. The number of rotatable bonds is 3. The van der Waals surface area contributed by atoms with Crippen LogP contribution in [0.3, 0.4) is 0 Å². The van der Waals surface area contributed by atoms with E-state index in [4.69, 9.17) is 21.4 Å². The largest absolute Gasteiger partial charge is 0.478 e. The zero-order valence-corrected chi connectivity index (χ0v) is 11.5. The van der Waals surface area contributed by atoms with E-state index in [1.807, 2.05) is 0 Å². The highest BCUT2D eigenvalue weighted by Gasteiger charge is 2.19. The molecule has 6 nitrogen and oxygen atoms in total. The van der Waals surface area contributed by atoms with Crippen molar-refractivity contribution in [2.45, 2.75) is 31.8 Å². The Hall–Kier alpha value is -1.66. The molecule has 0 bridgehead atoms. The summed E-state index contributed by atoms with van der Waals surface area (Å²) in [4.78, 5) is 11.1. The van der Waals surface area contributed by atoms with Gasteiger partial charge in [0, 0.05) is 19.2 Å². The van der Waals surface area contributed by atoms with Crippen LogP contribution in [0.15, 0.2) is 12.3 Å². The van der Waals surface area contributed by atoms with Gasteiger partial charge in [0.1, 0.15) is 5.82 Å². The molecule has 1 aliphatic heterocycles. The van der Waals surface area contributed by atoms with Crippen LogP contribution in [0, 0.1) is 0 Å².